The molecule has 1 aromatic heterocycles. The predicted molar refractivity (Wildman–Crippen MR) is 77.7 cm³/mol. The third kappa shape index (κ3) is 2.47. The van der Waals surface area contributed by atoms with Gasteiger partial charge in [-0.05, 0) is 16.3 Å². The van der Waals surface area contributed by atoms with Crippen molar-refractivity contribution < 1.29 is 0 Å². The van der Waals surface area contributed by atoms with E-state index in [1.165, 1.54) is 16.3 Å². The van der Waals surface area contributed by atoms with Crippen molar-refractivity contribution >= 4 is 22.4 Å². The van der Waals surface area contributed by atoms with Gasteiger partial charge < -0.3 is 11.1 Å². The van der Waals surface area contributed by atoms with Crippen molar-refractivity contribution in [2.24, 2.45) is 0 Å². The van der Waals surface area contributed by atoms with Crippen molar-refractivity contribution in [3.63, 3.8) is 0 Å². The number of rotatable bonds is 3. The summed E-state index contributed by atoms with van der Waals surface area (Å²) in [7, 11) is 0. The molecule has 4 heteroatoms. The molecule has 2 aromatic carbocycles. The van der Waals surface area contributed by atoms with E-state index >= 15 is 0 Å². The summed E-state index contributed by atoms with van der Waals surface area (Å²) in [5, 5.41) is 5.68. The zero-order valence-corrected chi connectivity index (χ0v) is 10.4. The third-order valence-electron chi connectivity index (χ3n) is 2.99. The van der Waals surface area contributed by atoms with E-state index < -0.39 is 0 Å². The monoisotopic (exact) mass is 250 g/mol. The second-order valence-electron chi connectivity index (χ2n) is 4.33. The number of nitrogens with one attached hydrogen (secondary N) is 1. The first kappa shape index (κ1) is 11.5. The molecule has 0 unspecified atom stereocenters. The number of nitrogens with zero attached hydrogens (tertiary/aromatic N) is 2. The van der Waals surface area contributed by atoms with Gasteiger partial charge in [0.25, 0.3) is 0 Å². The molecule has 0 bridgehead atoms. The highest BCUT2D eigenvalue weighted by Gasteiger charge is 2.01. The average molecular weight is 250 g/mol. The largest absolute Gasteiger partial charge is 0.396 e. The van der Waals surface area contributed by atoms with Crippen LogP contribution in [0, 0.1) is 0 Å². The van der Waals surface area contributed by atoms with Crippen molar-refractivity contribution in [2.75, 3.05) is 11.1 Å². The smallest absolute Gasteiger partial charge is 0.222 e. The zero-order chi connectivity index (χ0) is 13.1. The number of nitrogen functional groups attached to an aromatic ring is 1. The van der Waals surface area contributed by atoms with Crippen molar-refractivity contribution in [1.29, 1.82) is 0 Å². The quantitative estimate of drug-likeness (QED) is 0.750. The Morgan fingerprint density at radius 3 is 2.53 bits per heavy atom. The predicted octanol–water partition coefficient (Wildman–Crippen LogP) is 2.82. The molecule has 3 aromatic rings. The summed E-state index contributed by atoms with van der Waals surface area (Å²) in [6.45, 7) is 0.686. The van der Waals surface area contributed by atoms with Gasteiger partial charge >= 0.3 is 0 Å². The van der Waals surface area contributed by atoms with E-state index in [4.69, 9.17) is 5.73 Å². The maximum atomic E-state index is 5.56. The van der Waals surface area contributed by atoms with Crippen LogP contribution in [0.2, 0.25) is 0 Å². The number of hydrogen-bond acceptors (Lipinski definition) is 4. The topological polar surface area (TPSA) is 63.8 Å². The molecule has 0 aliphatic carbocycles. The number of fused-ring (bicyclic) bond motifs is 1. The first-order valence-electron chi connectivity index (χ1n) is 6.11. The first-order valence-corrected chi connectivity index (χ1v) is 6.11. The number of anilines is 2. The van der Waals surface area contributed by atoms with Crippen molar-refractivity contribution in [3.05, 3.63) is 60.4 Å². The summed E-state index contributed by atoms with van der Waals surface area (Å²) >= 11 is 0. The Balaban J connectivity index is 1.84. The molecule has 0 spiro atoms. The Kier molecular flexibility index (Phi) is 2.98. The van der Waals surface area contributed by atoms with Gasteiger partial charge in [0.1, 0.15) is 0 Å². The number of nitrogens with two attached hydrogens (primary N) is 1. The molecular formula is C15H14N4. The van der Waals surface area contributed by atoms with Crippen LogP contribution in [-0.2, 0) is 6.54 Å². The second-order valence-corrected chi connectivity index (χ2v) is 4.33. The molecule has 3 N–H and O–H groups in total. The van der Waals surface area contributed by atoms with E-state index in [9.17, 15) is 0 Å². The van der Waals surface area contributed by atoms with E-state index in [1.54, 1.807) is 12.4 Å². The molecule has 0 radical (unpaired) electrons. The Bertz CT molecular complexity index is 687. The molecule has 0 aliphatic heterocycles. The summed E-state index contributed by atoms with van der Waals surface area (Å²) in [6, 6.07) is 14.6. The van der Waals surface area contributed by atoms with Crippen LogP contribution < -0.4 is 11.1 Å². The van der Waals surface area contributed by atoms with E-state index in [1.807, 2.05) is 12.1 Å². The molecule has 0 atom stereocenters. The van der Waals surface area contributed by atoms with E-state index in [2.05, 4.69) is 45.6 Å². The fourth-order valence-corrected chi connectivity index (χ4v) is 2.05. The minimum Gasteiger partial charge on any atom is -0.396 e. The summed E-state index contributed by atoms with van der Waals surface area (Å²) in [5.41, 5.74) is 7.34. The van der Waals surface area contributed by atoms with Gasteiger partial charge in [-0.3, -0.25) is 0 Å². The highest BCUT2D eigenvalue weighted by molar-refractivity contribution is 5.85. The van der Waals surface area contributed by atoms with Gasteiger partial charge in [0.2, 0.25) is 5.95 Å². The zero-order valence-electron chi connectivity index (χ0n) is 10.4. The summed E-state index contributed by atoms with van der Waals surface area (Å²) < 4.78 is 0. The number of aromatic nitrogens is 2. The maximum Gasteiger partial charge on any atom is 0.222 e. The summed E-state index contributed by atoms with van der Waals surface area (Å²) in [6.07, 6.45) is 3.19. The van der Waals surface area contributed by atoms with Gasteiger partial charge in [0.15, 0.2) is 0 Å². The molecule has 3 rings (SSSR count). The van der Waals surface area contributed by atoms with E-state index in [0.717, 1.165) is 0 Å². The molecule has 4 nitrogen and oxygen atoms in total. The minimum atomic E-state index is 0.565. The van der Waals surface area contributed by atoms with Crippen LogP contribution in [-0.4, -0.2) is 9.97 Å². The SMILES string of the molecule is Nc1cnc(NCc2cccc3ccccc23)nc1. The molecule has 0 saturated carbocycles. The Labute approximate surface area is 111 Å². The highest BCUT2D eigenvalue weighted by Crippen LogP contribution is 2.19. The minimum absolute atomic E-state index is 0.565. The maximum absolute atomic E-state index is 5.56. The number of hydrogen-bond donors (Lipinski definition) is 2. The van der Waals surface area contributed by atoms with Crippen LogP contribution in [0.4, 0.5) is 11.6 Å². The fraction of sp³-hybridized carbons (Fsp3) is 0.0667. The van der Waals surface area contributed by atoms with Gasteiger partial charge in [-0.1, -0.05) is 42.5 Å². The molecule has 19 heavy (non-hydrogen) atoms. The molecule has 0 saturated heterocycles. The molecule has 1 heterocycles. The van der Waals surface area contributed by atoms with Crippen LogP contribution in [0.1, 0.15) is 5.56 Å². The summed E-state index contributed by atoms with van der Waals surface area (Å²) in [4.78, 5) is 8.25. The Morgan fingerprint density at radius 2 is 1.68 bits per heavy atom. The van der Waals surface area contributed by atoms with Gasteiger partial charge in [-0.15, -0.1) is 0 Å². The van der Waals surface area contributed by atoms with Crippen LogP contribution in [0.5, 0.6) is 0 Å². The van der Waals surface area contributed by atoms with Gasteiger partial charge in [0.05, 0.1) is 18.1 Å². The summed E-state index contributed by atoms with van der Waals surface area (Å²) in [5.74, 6) is 0.585. The Hall–Kier alpha value is -2.62. The molecule has 94 valence electrons. The molecule has 0 amide bonds. The van der Waals surface area contributed by atoms with Crippen molar-refractivity contribution in [1.82, 2.24) is 9.97 Å². The van der Waals surface area contributed by atoms with Gasteiger partial charge in [-0.2, -0.15) is 0 Å². The fourth-order valence-electron chi connectivity index (χ4n) is 2.05. The molecular weight excluding hydrogens is 236 g/mol. The third-order valence-corrected chi connectivity index (χ3v) is 2.99. The average Bonchev–Trinajstić information content (AvgIpc) is 2.47. The Morgan fingerprint density at radius 1 is 0.947 bits per heavy atom. The lowest BCUT2D eigenvalue weighted by atomic mass is 10.0. The number of benzene rings is 2. The molecule has 0 fully saturated rings. The van der Waals surface area contributed by atoms with E-state index in [0.29, 0.717) is 18.2 Å². The first-order chi connectivity index (χ1) is 9.33. The lowest BCUT2D eigenvalue weighted by molar-refractivity contribution is 1.06. The lowest BCUT2D eigenvalue weighted by Gasteiger charge is -2.08. The van der Waals surface area contributed by atoms with Crippen LogP contribution >= 0.6 is 0 Å². The van der Waals surface area contributed by atoms with Crippen molar-refractivity contribution in [3.8, 4) is 0 Å². The van der Waals surface area contributed by atoms with Crippen molar-refractivity contribution in [2.45, 2.75) is 6.54 Å². The second kappa shape index (κ2) is 4.94. The van der Waals surface area contributed by atoms with Crippen LogP contribution in [0.25, 0.3) is 10.8 Å². The lowest BCUT2D eigenvalue weighted by Crippen LogP contribution is -2.04. The molecule has 0 aliphatic rings. The standard InChI is InChI=1S/C15H14N4/c16-13-9-18-15(19-10-13)17-8-12-6-3-5-11-4-1-2-7-14(11)12/h1-7,9-10H,8,16H2,(H,17,18,19). The van der Waals surface area contributed by atoms with Gasteiger partial charge in [-0.25, -0.2) is 9.97 Å². The van der Waals surface area contributed by atoms with Crippen LogP contribution in [0.3, 0.4) is 0 Å². The normalized spacial score (nSPS) is 10.5. The highest BCUT2D eigenvalue weighted by atomic mass is 15.1. The van der Waals surface area contributed by atoms with Gasteiger partial charge in [0, 0.05) is 6.54 Å². The van der Waals surface area contributed by atoms with Crippen LogP contribution in [0.15, 0.2) is 54.9 Å². The van der Waals surface area contributed by atoms with E-state index in [-0.39, 0.29) is 0 Å².